The number of rotatable bonds is 4. The number of alkyl halides is 3. The standard InChI is InChI=1S/C12H14F3NO/c1-2-3-4-9-5-7-10(8-6-9)16-11(17)12(13,14)15/h5-8H,2-4H2,1H3,(H,16,17). The van der Waals surface area contributed by atoms with Crippen molar-refractivity contribution in [2.75, 3.05) is 5.32 Å². The first-order chi connectivity index (χ1) is 7.93. The molecule has 0 saturated heterocycles. The number of anilines is 1. The maximum absolute atomic E-state index is 12.0. The Morgan fingerprint density at radius 2 is 1.82 bits per heavy atom. The van der Waals surface area contributed by atoms with E-state index in [1.54, 1.807) is 17.4 Å². The van der Waals surface area contributed by atoms with Crippen LogP contribution in [0.1, 0.15) is 25.3 Å². The van der Waals surface area contributed by atoms with Gasteiger partial charge in [-0.3, -0.25) is 4.79 Å². The van der Waals surface area contributed by atoms with Crippen LogP contribution in [-0.2, 0) is 11.2 Å². The van der Waals surface area contributed by atoms with Gasteiger partial charge in [0.25, 0.3) is 0 Å². The summed E-state index contributed by atoms with van der Waals surface area (Å²) in [4.78, 5) is 10.7. The zero-order valence-corrected chi connectivity index (χ0v) is 9.47. The lowest BCUT2D eigenvalue weighted by Crippen LogP contribution is -2.29. The van der Waals surface area contributed by atoms with Crippen molar-refractivity contribution in [1.29, 1.82) is 0 Å². The number of hydrogen-bond donors (Lipinski definition) is 1. The summed E-state index contributed by atoms with van der Waals surface area (Å²) in [5.74, 6) is -1.95. The predicted molar refractivity (Wildman–Crippen MR) is 59.7 cm³/mol. The molecule has 0 aliphatic rings. The zero-order chi connectivity index (χ0) is 12.9. The van der Waals surface area contributed by atoms with Gasteiger partial charge >= 0.3 is 12.1 Å². The van der Waals surface area contributed by atoms with Gasteiger partial charge in [-0.2, -0.15) is 13.2 Å². The summed E-state index contributed by atoms with van der Waals surface area (Å²) >= 11 is 0. The molecule has 0 aliphatic carbocycles. The Morgan fingerprint density at radius 1 is 1.24 bits per heavy atom. The second-order valence-electron chi connectivity index (χ2n) is 3.75. The van der Waals surface area contributed by atoms with E-state index in [4.69, 9.17) is 0 Å². The fourth-order valence-corrected chi connectivity index (χ4v) is 1.34. The minimum atomic E-state index is -4.85. The summed E-state index contributed by atoms with van der Waals surface area (Å²) in [7, 11) is 0. The number of amides is 1. The van der Waals surface area contributed by atoms with Crippen LogP contribution in [0.2, 0.25) is 0 Å². The highest BCUT2D eigenvalue weighted by Gasteiger charge is 2.38. The van der Waals surface area contributed by atoms with Crippen LogP contribution in [-0.4, -0.2) is 12.1 Å². The van der Waals surface area contributed by atoms with Crippen molar-refractivity contribution in [3.8, 4) is 0 Å². The zero-order valence-electron chi connectivity index (χ0n) is 9.47. The van der Waals surface area contributed by atoms with Crippen molar-refractivity contribution >= 4 is 11.6 Å². The van der Waals surface area contributed by atoms with E-state index in [9.17, 15) is 18.0 Å². The number of carbonyl (C=O) groups excluding carboxylic acids is 1. The van der Waals surface area contributed by atoms with Crippen molar-refractivity contribution < 1.29 is 18.0 Å². The number of aryl methyl sites for hydroxylation is 1. The molecule has 0 fully saturated rings. The summed E-state index contributed by atoms with van der Waals surface area (Å²) in [6, 6.07) is 6.41. The molecule has 94 valence electrons. The van der Waals surface area contributed by atoms with E-state index >= 15 is 0 Å². The molecule has 0 heterocycles. The highest BCUT2D eigenvalue weighted by atomic mass is 19.4. The first-order valence-corrected chi connectivity index (χ1v) is 5.40. The lowest BCUT2D eigenvalue weighted by Gasteiger charge is -2.08. The maximum Gasteiger partial charge on any atom is 0.471 e. The fraction of sp³-hybridized carbons (Fsp3) is 0.417. The van der Waals surface area contributed by atoms with E-state index in [1.807, 2.05) is 0 Å². The van der Waals surface area contributed by atoms with Gasteiger partial charge in [0, 0.05) is 5.69 Å². The fourth-order valence-electron chi connectivity index (χ4n) is 1.34. The van der Waals surface area contributed by atoms with Crippen molar-refractivity contribution in [2.45, 2.75) is 32.4 Å². The second kappa shape index (κ2) is 5.70. The molecule has 0 unspecified atom stereocenters. The lowest BCUT2D eigenvalue weighted by atomic mass is 10.1. The number of hydrogen-bond acceptors (Lipinski definition) is 1. The van der Waals surface area contributed by atoms with Crippen molar-refractivity contribution in [2.24, 2.45) is 0 Å². The van der Waals surface area contributed by atoms with Gasteiger partial charge in [0.1, 0.15) is 0 Å². The highest BCUT2D eigenvalue weighted by molar-refractivity contribution is 5.94. The van der Waals surface area contributed by atoms with Crippen LogP contribution in [0.4, 0.5) is 18.9 Å². The minimum absolute atomic E-state index is 0.160. The molecule has 0 saturated carbocycles. The Labute approximate surface area is 97.8 Å². The van der Waals surface area contributed by atoms with Gasteiger partial charge in [0.2, 0.25) is 0 Å². The third kappa shape index (κ3) is 4.46. The molecule has 0 atom stereocenters. The first-order valence-electron chi connectivity index (χ1n) is 5.40. The van der Waals surface area contributed by atoms with E-state index in [0.29, 0.717) is 0 Å². The van der Waals surface area contributed by atoms with Gasteiger partial charge in [-0.1, -0.05) is 25.5 Å². The molecule has 0 aliphatic heterocycles. The Hall–Kier alpha value is -1.52. The molecule has 0 radical (unpaired) electrons. The molecule has 5 heteroatoms. The average molecular weight is 245 g/mol. The van der Waals surface area contributed by atoms with E-state index in [2.05, 4.69) is 6.92 Å². The summed E-state index contributed by atoms with van der Waals surface area (Å²) < 4.78 is 35.9. The van der Waals surface area contributed by atoms with E-state index < -0.39 is 12.1 Å². The molecule has 1 aromatic carbocycles. The van der Waals surface area contributed by atoms with Crippen molar-refractivity contribution in [1.82, 2.24) is 0 Å². The lowest BCUT2D eigenvalue weighted by molar-refractivity contribution is -0.167. The van der Waals surface area contributed by atoms with E-state index in [-0.39, 0.29) is 5.69 Å². The minimum Gasteiger partial charge on any atom is -0.318 e. The molecule has 0 aromatic heterocycles. The second-order valence-corrected chi connectivity index (χ2v) is 3.75. The van der Waals surface area contributed by atoms with Gasteiger partial charge in [0.15, 0.2) is 0 Å². The van der Waals surface area contributed by atoms with Crippen LogP contribution < -0.4 is 5.32 Å². The highest BCUT2D eigenvalue weighted by Crippen LogP contribution is 2.18. The molecule has 17 heavy (non-hydrogen) atoms. The Balaban J connectivity index is 2.59. The molecule has 1 rings (SSSR count). The summed E-state index contributed by atoms with van der Waals surface area (Å²) in [6.07, 6.45) is -1.86. The largest absolute Gasteiger partial charge is 0.471 e. The average Bonchev–Trinajstić information content (AvgIpc) is 2.27. The molecule has 1 N–H and O–H groups in total. The van der Waals surface area contributed by atoms with Gasteiger partial charge in [-0.25, -0.2) is 0 Å². The van der Waals surface area contributed by atoms with Crippen LogP contribution in [0.3, 0.4) is 0 Å². The van der Waals surface area contributed by atoms with Crippen LogP contribution in [0.25, 0.3) is 0 Å². The van der Waals surface area contributed by atoms with Crippen LogP contribution >= 0.6 is 0 Å². The molecule has 2 nitrogen and oxygen atoms in total. The van der Waals surface area contributed by atoms with Crippen LogP contribution in [0, 0.1) is 0 Å². The molecule has 0 spiro atoms. The Morgan fingerprint density at radius 3 is 2.29 bits per heavy atom. The topological polar surface area (TPSA) is 29.1 Å². The SMILES string of the molecule is CCCCc1ccc(NC(=O)C(F)(F)F)cc1. The monoisotopic (exact) mass is 245 g/mol. The normalized spacial score (nSPS) is 11.3. The number of halogens is 3. The van der Waals surface area contributed by atoms with Crippen molar-refractivity contribution in [3.63, 3.8) is 0 Å². The molecule has 0 bridgehead atoms. The Bertz CT molecular complexity index is 370. The molecular weight excluding hydrogens is 231 g/mol. The molecule has 1 amide bonds. The van der Waals surface area contributed by atoms with E-state index in [1.165, 1.54) is 12.1 Å². The molecular formula is C12H14F3NO. The van der Waals surface area contributed by atoms with E-state index in [0.717, 1.165) is 24.8 Å². The molecule has 1 aromatic rings. The van der Waals surface area contributed by atoms with Gasteiger partial charge < -0.3 is 5.32 Å². The number of nitrogens with one attached hydrogen (secondary N) is 1. The van der Waals surface area contributed by atoms with Gasteiger partial charge in [-0.15, -0.1) is 0 Å². The van der Waals surface area contributed by atoms with Gasteiger partial charge in [-0.05, 0) is 30.5 Å². The first kappa shape index (κ1) is 13.5. The third-order valence-electron chi connectivity index (χ3n) is 2.29. The summed E-state index contributed by atoms with van der Waals surface area (Å²) in [5.41, 5.74) is 1.21. The Kier molecular flexibility index (Phi) is 4.54. The third-order valence-corrected chi connectivity index (χ3v) is 2.29. The number of unbranched alkanes of at least 4 members (excludes halogenated alkanes) is 1. The van der Waals surface area contributed by atoms with Crippen LogP contribution in [0.5, 0.6) is 0 Å². The predicted octanol–water partition coefficient (Wildman–Crippen LogP) is 3.53. The van der Waals surface area contributed by atoms with Gasteiger partial charge in [0.05, 0.1) is 0 Å². The van der Waals surface area contributed by atoms with Crippen LogP contribution in [0.15, 0.2) is 24.3 Å². The smallest absolute Gasteiger partial charge is 0.318 e. The maximum atomic E-state index is 12.0. The number of carbonyl (C=O) groups is 1. The van der Waals surface area contributed by atoms with Crippen molar-refractivity contribution in [3.05, 3.63) is 29.8 Å². The summed E-state index contributed by atoms with van der Waals surface area (Å²) in [6.45, 7) is 2.07. The summed E-state index contributed by atoms with van der Waals surface area (Å²) in [5, 5.41) is 1.80. The number of benzene rings is 1. The quantitative estimate of drug-likeness (QED) is 0.863.